The van der Waals surface area contributed by atoms with Crippen molar-refractivity contribution in [3.63, 3.8) is 0 Å². The summed E-state index contributed by atoms with van der Waals surface area (Å²) < 4.78 is 29.6. The Morgan fingerprint density at radius 1 is 1.29 bits per heavy atom. The number of halogens is 2. The summed E-state index contributed by atoms with van der Waals surface area (Å²) in [6.45, 7) is 2.62. The van der Waals surface area contributed by atoms with E-state index in [1.165, 1.54) is 17.5 Å². The van der Waals surface area contributed by atoms with Crippen LogP contribution in [-0.2, 0) is 6.54 Å². The topological polar surface area (TPSA) is 60.9 Å². The Morgan fingerprint density at radius 3 is 2.75 bits per heavy atom. The SMILES string of the molecule is CCCCCn1cc(-c2cnc(N)s2)c(=O)c2cc(F)cc(F)c21. The third-order valence-corrected chi connectivity index (χ3v) is 4.74. The van der Waals surface area contributed by atoms with Gasteiger partial charge < -0.3 is 10.3 Å². The highest BCUT2D eigenvalue weighted by Gasteiger charge is 2.16. The number of anilines is 1. The van der Waals surface area contributed by atoms with E-state index in [1.54, 1.807) is 10.8 Å². The van der Waals surface area contributed by atoms with E-state index in [0.29, 0.717) is 22.1 Å². The lowest BCUT2D eigenvalue weighted by atomic mass is 10.1. The number of nitrogens with zero attached hydrogens (tertiary/aromatic N) is 2. The zero-order chi connectivity index (χ0) is 17.3. The normalized spacial score (nSPS) is 11.3. The van der Waals surface area contributed by atoms with Crippen LogP contribution in [-0.4, -0.2) is 9.55 Å². The van der Waals surface area contributed by atoms with Gasteiger partial charge >= 0.3 is 0 Å². The molecule has 0 unspecified atom stereocenters. The lowest BCUT2D eigenvalue weighted by Gasteiger charge is -2.13. The number of aryl methyl sites for hydroxylation is 1. The zero-order valence-corrected chi connectivity index (χ0v) is 14.0. The second kappa shape index (κ2) is 6.68. The molecule has 3 aromatic rings. The van der Waals surface area contributed by atoms with Gasteiger partial charge in [-0.25, -0.2) is 13.8 Å². The molecule has 0 saturated carbocycles. The first-order valence-electron chi connectivity index (χ1n) is 7.75. The third kappa shape index (κ3) is 3.03. The van der Waals surface area contributed by atoms with Crippen LogP contribution >= 0.6 is 11.3 Å². The number of rotatable bonds is 5. The van der Waals surface area contributed by atoms with Gasteiger partial charge in [0.05, 0.1) is 21.3 Å². The molecular weight excluding hydrogens is 332 g/mol. The van der Waals surface area contributed by atoms with E-state index in [2.05, 4.69) is 11.9 Å². The molecule has 0 spiro atoms. The molecule has 0 radical (unpaired) electrons. The van der Waals surface area contributed by atoms with Gasteiger partial charge in [0.1, 0.15) is 5.82 Å². The van der Waals surface area contributed by atoms with Crippen molar-refractivity contribution in [3.8, 4) is 10.4 Å². The number of fused-ring (bicyclic) bond motifs is 1. The molecule has 0 aliphatic carbocycles. The van der Waals surface area contributed by atoms with Crippen LogP contribution in [0.25, 0.3) is 21.3 Å². The molecule has 0 saturated heterocycles. The summed E-state index contributed by atoms with van der Waals surface area (Å²) in [5.41, 5.74) is 5.72. The molecule has 0 fully saturated rings. The third-order valence-electron chi connectivity index (χ3n) is 3.88. The fraction of sp³-hybridized carbons (Fsp3) is 0.294. The summed E-state index contributed by atoms with van der Waals surface area (Å²) in [5.74, 6) is -1.49. The van der Waals surface area contributed by atoms with Crippen molar-refractivity contribution < 1.29 is 8.78 Å². The molecule has 2 N–H and O–H groups in total. The molecule has 7 heteroatoms. The Hall–Kier alpha value is -2.28. The van der Waals surface area contributed by atoms with Gasteiger partial charge in [0.25, 0.3) is 0 Å². The highest BCUT2D eigenvalue weighted by Crippen LogP contribution is 2.28. The van der Waals surface area contributed by atoms with Crippen LogP contribution in [0.4, 0.5) is 13.9 Å². The van der Waals surface area contributed by atoms with Gasteiger partial charge in [0.15, 0.2) is 16.4 Å². The first-order valence-corrected chi connectivity index (χ1v) is 8.56. The number of nitrogens with two attached hydrogens (primary N) is 1. The Bertz CT molecular complexity index is 949. The summed E-state index contributed by atoms with van der Waals surface area (Å²) in [5, 5.41) is 0.376. The maximum absolute atomic E-state index is 14.3. The molecule has 0 atom stereocenters. The van der Waals surface area contributed by atoms with E-state index in [4.69, 9.17) is 5.73 Å². The Labute approximate surface area is 141 Å². The fourth-order valence-electron chi connectivity index (χ4n) is 2.75. The van der Waals surface area contributed by atoms with Gasteiger partial charge in [-0.3, -0.25) is 4.79 Å². The van der Waals surface area contributed by atoms with Crippen LogP contribution in [0.3, 0.4) is 0 Å². The minimum atomic E-state index is -0.766. The molecule has 0 aliphatic rings. The van der Waals surface area contributed by atoms with Crippen LogP contribution < -0.4 is 11.2 Å². The van der Waals surface area contributed by atoms with Crippen LogP contribution in [0, 0.1) is 11.6 Å². The van der Waals surface area contributed by atoms with Gasteiger partial charge in [0, 0.05) is 25.0 Å². The second-order valence-electron chi connectivity index (χ2n) is 5.62. The number of unbranched alkanes of at least 4 members (excludes halogenated alkanes) is 2. The average molecular weight is 349 g/mol. The molecule has 4 nitrogen and oxygen atoms in total. The van der Waals surface area contributed by atoms with Crippen LogP contribution in [0.5, 0.6) is 0 Å². The molecule has 24 heavy (non-hydrogen) atoms. The maximum Gasteiger partial charge on any atom is 0.198 e. The summed E-state index contributed by atoms with van der Waals surface area (Å²) in [7, 11) is 0. The minimum Gasteiger partial charge on any atom is -0.375 e. The molecule has 2 heterocycles. The average Bonchev–Trinajstić information content (AvgIpc) is 2.96. The standard InChI is InChI=1S/C17H17F2N3OS/c1-2-3-4-5-22-9-12(14-8-21-17(20)24-14)16(23)11-6-10(18)7-13(19)15(11)22/h6-9H,2-5H2,1H3,(H2,20,21). The Kier molecular flexibility index (Phi) is 4.62. The fourth-order valence-corrected chi connectivity index (χ4v) is 3.44. The van der Waals surface area contributed by atoms with Gasteiger partial charge in [-0.2, -0.15) is 0 Å². The van der Waals surface area contributed by atoms with E-state index >= 15 is 0 Å². The monoisotopic (exact) mass is 349 g/mol. The van der Waals surface area contributed by atoms with Crippen molar-refractivity contribution in [1.29, 1.82) is 0 Å². The highest BCUT2D eigenvalue weighted by molar-refractivity contribution is 7.18. The zero-order valence-electron chi connectivity index (χ0n) is 13.2. The summed E-state index contributed by atoms with van der Waals surface area (Å²) >= 11 is 1.17. The smallest absolute Gasteiger partial charge is 0.198 e. The number of aromatic nitrogens is 2. The number of thiazole rings is 1. The van der Waals surface area contributed by atoms with Crippen molar-refractivity contribution in [3.05, 3.63) is 46.4 Å². The van der Waals surface area contributed by atoms with Crippen LogP contribution in [0.15, 0.2) is 29.3 Å². The van der Waals surface area contributed by atoms with Crippen molar-refractivity contribution in [2.24, 2.45) is 0 Å². The van der Waals surface area contributed by atoms with E-state index in [9.17, 15) is 13.6 Å². The maximum atomic E-state index is 14.3. The van der Waals surface area contributed by atoms with Gasteiger partial charge in [-0.15, -0.1) is 0 Å². The number of hydrogen-bond donors (Lipinski definition) is 1. The summed E-state index contributed by atoms with van der Waals surface area (Å²) in [4.78, 5) is 17.3. The lowest BCUT2D eigenvalue weighted by molar-refractivity contribution is 0.572. The molecule has 2 aromatic heterocycles. The largest absolute Gasteiger partial charge is 0.375 e. The van der Waals surface area contributed by atoms with E-state index in [1.807, 2.05) is 0 Å². The molecule has 126 valence electrons. The van der Waals surface area contributed by atoms with Gasteiger partial charge in [-0.1, -0.05) is 31.1 Å². The lowest BCUT2D eigenvalue weighted by Crippen LogP contribution is -2.13. The van der Waals surface area contributed by atoms with Crippen molar-refractivity contribution in [1.82, 2.24) is 9.55 Å². The number of benzene rings is 1. The predicted molar refractivity (Wildman–Crippen MR) is 93.2 cm³/mol. The molecule has 0 bridgehead atoms. The molecular formula is C17H17F2N3OS. The first-order chi connectivity index (χ1) is 11.5. The minimum absolute atomic E-state index is 0.0356. The van der Waals surface area contributed by atoms with Crippen molar-refractivity contribution in [2.75, 3.05) is 5.73 Å². The highest BCUT2D eigenvalue weighted by atomic mass is 32.1. The Morgan fingerprint density at radius 2 is 2.08 bits per heavy atom. The van der Waals surface area contributed by atoms with Crippen LogP contribution in [0.1, 0.15) is 26.2 Å². The van der Waals surface area contributed by atoms with Crippen LogP contribution in [0.2, 0.25) is 0 Å². The first kappa shape index (κ1) is 16.6. The van der Waals surface area contributed by atoms with Gasteiger partial charge in [-0.05, 0) is 12.5 Å². The second-order valence-corrected chi connectivity index (χ2v) is 6.68. The molecule has 3 rings (SSSR count). The molecule has 0 amide bonds. The van der Waals surface area contributed by atoms with E-state index in [-0.39, 0.29) is 10.9 Å². The van der Waals surface area contributed by atoms with Crippen molar-refractivity contribution >= 4 is 27.4 Å². The van der Waals surface area contributed by atoms with E-state index in [0.717, 1.165) is 31.4 Å². The van der Waals surface area contributed by atoms with E-state index < -0.39 is 17.1 Å². The van der Waals surface area contributed by atoms with Crippen molar-refractivity contribution in [2.45, 2.75) is 32.7 Å². The number of hydrogen-bond acceptors (Lipinski definition) is 4. The number of pyridine rings is 1. The summed E-state index contributed by atoms with van der Waals surface area (Å²) in [6.07, 6.45) is 5.98. The predicted octanol–water partition coefficient (Wildman–Crippen LogP) is 4.18. The quantitative estimate of drug-likeness (QED) is 0.703. The Balaban J connectivity index is 2.26. The number of nitrogen functional groups attached to an aromatic ring is 1. The molecule has 0 aliphatic heterocycles. The van der Waals surface area contributed by atoms with Gasteiger partial charge in [0.2, 0.25) is 0 Å². The molecule has 1 aromatic carbocycles. The summed E-state index contributed by atoms with van der Waals surface area (Å²) in [6, 6.07) is 1.90.